The van der Waals surface area contributed by atoms with Crippen molar-refractivity contribution in [2.45, 2.75) is 20.8 Å². The lowest BCUT2D eigenvalue weighted by Crippen LogP contribution is -2.06. The summed E-state index contributed by atoms with van der Waals surface area (Å²) >= 11 is 2.01. The molecular weight excluding hydrogens is 159 g/mol. The summed E-state index contributed by atoms with van der Waals surface area (Å²) in [5.74, 6) is 2.50. The van der Waals surface area contributed by atoms with Gasteiger partial charge in [0.2, 0.25) is 0 Å². The van der Waals surface area contributed by atoms with Crippen molar-refractivity contribution in [3.63, 3.8) is 0 Å². The van der Waals surface area contributed by atoms with Gasteiger partial charge in [-0.2, -0.15) is 0 Å². The Labute approximate surface area is 69.5 Å². The maximum Gasteiger partial charge on any atom is -0.0143 e. The van der Waals surface area contributed by atoms with Crippen LogP contribution < -0.4 is 0 Å². The van der Waals surface area contributed by atoms with Gasteiger partial charge in [0.1, 0.15) is 0 Å². The van der Waals surface area contributed by atoms with Crippen LogP contribution in [-0.2, 0) is 0 Å². The highest BCUT2D eigenvalue weighted by Gasteiger charge is 2.10. The zero-order chi connectivity index (χ0) is 8.41. The molecule has 0 unspecified atom stereocenters. The maximum atomic E-state index is 2.50. The molecule has 0 atom stereocenters. The van der Waals surface area contributed by atoms with Gasteiger partial charge < -0.3 is 0 Å². The smallest absolute Gasteiger partial charge is 0.0143 e. The van der Waals surface area contributed by atoms with Crippen molar-refractivity contribution in [1.82, 2.24) is 0 Å². The first-order valence-corrected chi connectivity index (χ1v) is 8.11. The van der Waals surface area contributed by atoms with Gasteiger partial charge in [-0.15, -0.1) is 11.4 Å². The van der Waals surface area contributed by atoms with Crippen molar-refractivity contribution in [2.24, 2.45) is 5.41 Å². The van der Waals surface area contributed by atoms with Crippen LogP contribution in [0.4, 0.5) is 0 Å². The molecule has 0 N–H and O–H groups in total. The van der Waals surface area contributed by atoms with Crippen LogP contribution in [0.3, 0.4) is 0 Å². The van der Waals surface area contributed by atoms with Crippen LogP contribution in [-0.4, -0.2) is 25.4 Å². The van der Waals surface area contributed by atoms with Gasteiger partial charge in [-0.1, -0.05) is 32.7 Å². The van der Waals surface area contributed by atoms with Gasteiger partial charge in [-0.3, -0.25) is 0 Å². The van der Waals surface area contributed by atoms with E-state index >= 15 is 0 Å². The van der Waals surface area contributed by atoms with Gasteiger partial charge in [0.15, 0.2) is 0 Å². The summed E-state index contributed by atoms with van der Waals surface area (Å²) < 4.78 is 0. The second-order valence-corrected chi connectivity index (χ2v) is 11.5. The van der Waals surface area contributed by atoms with Crippen LogP contribution in [0.1, 0.15) is 20.8 Å². The molecule has 0 aromatic heterocycles. The van der Waals surface area contributed by atoms with Crippen molar-refractivity contribution in [3.05, 3.63) is 0 Å². The molecule has 0 radical (unpaired) electrons. The normalized spacial score (nSPS) is 13.4. The Bertz CT molecular complexity index is 147. The van der Waals surface area contributed by atoms with E-state index in [2.05, 4.69) is 46.2 Å². The molecule has 62 valence electrons. The summed E-state index contributed by atoms with van der Waals surface area (Å²) in [6.07, 6.45) is 1.45. The van der Waals surface area contributed by atoms with Gasteiger partial charge in [-0.25, -0.2) is 0 Å². The molecule has 0 aromatic carbocycles. The highest BCUT2D eigenvalue weighted by Crippen LogP contribution is 2.52. The lowest BCUT2D eigenvalue weighted by Gasteiger charge is -2.20. The van der Waals surface area contributed by atoms with Gasteiger partial charge in [-0.05, 0) is 25.0 Å². The van der Waals surface area contributed by atoms with Crippen molar-refractivity contribution < 1.29 is 0 Å². The van der Waals surface area contributed by atoms with E-state index < -0.39 is 6.09 Å². The highest BCUT2D eigenvalue weighted by atomic mass is 32.7. The SMILES string of the molecule is CSP(C)(C)=CC(C)(C)C. The molecule has 0 aliphatic rings. The summed E-state index contributed by atoms with van der Waals surface area (Å²) in [7, 11) is 0. The fourth-order valence-corrected chi connectivity index (χ4v) is 4.22. The van der Waals surface area contributed by atoms with Crippen LogP contribution >= 0.6 is 17.5 Å². The van der Waals surface area contributed by atoms with E-state index in [0.717, 1.165) is 0 Å². The molecule has 0 nitrogen and oxygen atoms in total. The topological polar surface area (TPSA) is 0 Å². The summed E-state index contributed by atoms with van der Waals surface area (Å²) in [5, 5.41) is 0. The zero-order valence-electron chi connectivity index (χ0n) is 7.93. The molecule has 0 amide bonds. The van der Waals surface area contributed by atoms with Crippen molar-refractivity contribution in [2.75, 3.05) is 19.6 Å². The minimum Gasteiger partial charge on any atom is -0.139 e. The standard InChI is InChI=1S/C8H19PS/c1-8(2,3)7-9(4,5)10-6/h7H,1-6H3. The molecule has 10 heavy (non-hydrogen) atoms. The fraction of sp³-hybridized carbons (Fsp3) is 0.875. The van der Waals surface area contributed by atoms with Crippen LogP contribution in [0.2, 0.25) is 0 Å². The minimum absolute atomic E-state index is 0.389. The average molecular weight is 178 g/mol. The van der Waals surface area contributed by atoms with Crippen LogP contribution in [0.25, 0.3) is 0 Å². The Hall–Kier alpha value is 0.650. The lowest BCUT2D eigenvalue weighted by molar-refractivity contribution is 0.614. The van der Waals surface area contributed by atoms with Gasteiger partial charge in [0, 0.05) is 0 Å². The van der Waals surface area contributed by atoms with E-state index in [1.54, 1.807) is 0 Å². The molecule has 0 aliphatic carbocycles. The van der Waals surface area contributed by atoms with Gasteiger partial charge in [0.05, 0.1) is 0 Å². The molecule has 0 heterocycles. The van der Waals surface area contributed by atoms with Crippen LogP contribution in [0.15, 0.2) is 0 Å². The maximum absolute atomic E-state index is 2.50. The number of rotatable bonds is 1. The molecule has 0 fully saturated rings. The van der Waals surface area contributed by atoms with Gasteiger partial charge >= 0.3 is 0 Å². The molecule has 2 heteroatoms. The molecule has 0 spiro atoms. The van der Waals surface area contributed by atoms with E-state index in [-0.39, 0.29) is 0 Å². The Kier molecular flexibility index (Phi) is 3.58. The fourth-order valence-electron chi connectivity index (χ4n) is 0.985. The van der Waals surface area contributed by atoms with Crippen molar-refractivity contribution in [1.29, 1.82) is 0 Å². The molecule has 0 aliphatic heterocycles. The predicted molar refractivity (Wildman–Crippen MR) is 57.8 cm³/mol. The Balaban J connectivity index is 4.44. The predicted octanol–water partition coefficient (Wildman–Crippen LogP) is 3.39. The third kappa shape index (κ3) is 5.44. The molecular formula is C8H19PS. The zero-order valence-corrected chi connectivity index (χ0v) is 9.64. The Morgan fingerprint density at radius 2 is 1.60 bits per heavy atom. The second kappa shape index (κ2) is 3.36. The minimum atomic E-state index is -0.753. The number of hydrogen-bond donors (Lipinski definition) is 0. The summed E-state index contributed by atoms with van der Waals surface area (Å²) in [6, 6.07) is 0. The summed E-state index contributed by atoms with van der Waals surface area (Å²) in [6.45, 7) is 11.5. The molecule has 0 bridgehead atoms. The van der Waals surface area contributed by atoms with Crippen molar-refractivity contribution >= 4 is 23.3 Å². The molecule has 0 aromatic rings. The first-order valence-electron chi connectivity index (χ1n) is 3.53. The third-order valence-corrected chi connectivity index (χ3v) is 6.65. The summed E-state index contributed by atoms with van der Waals surface area (Å²) in [5.41, 5.74) is 0.389. The number of hydrogen-bond acceptors (Lipinski definition) is 1. The Morgan fingerprint density at radius 1 is 1.20 bits per heavy atom. The lowest BCUT2D eigenvalue weighted by atomic mass is 10.0. The largest absolute Gasteiger partial charge is 0.139 e. The van der Waals surface area contributed by atoms with E-state index in [1.165, 1.54) is 0 Å². The second-order valence-electron chi connectivity index (χ2n) is 4.11. The van der Waals surface area contributed by atoms with Crippen LogP contribution in [0.5, 0.6) is 0 Å². The Morgan fingerprint density at radius 3 is 1.70 bits per heavy atom. The third-order valence-electron chi connectivity index (χ3n) is 1.17. The van der Waals surface area contributed by atoms with Crippen LogP contribution in [0, 0.1) is 5.41 Å². The molecule has 0 rings (SSSR count). The van der Waals surface area contributed by atoms with E-state index in [0.29, 0.717) is 5.41 Å². The highest BCUT2D eigenvalue weighted by molar-refractivity contribution is 8.60. The van der Waals surface area contributed by atoms with E-state index in [4.69, 9.17) is 0 Å². The first-order chi connectivity index (χ1) is 4.27. The van der Waals surface area contributed by atoms with Crippen molar-refractivity contribution in [3.8, 4) is 0 Å². The molecule has 0 saturated carbocycles. The first kappa shape index (κ1) is 10.7. The van der Waals surface area contributed by atoms with Gasteiger partial charge in [0.25, 0.3) is 0 Å². The quantitative estimate of drug-likeness (QED) is 0.555. The summed E-state index contributed by atoms with van der Waals surface area (Å²) in [4.78, 5) is 0. The monoisotopic (exact) mass is 178 g/mol. The molecule has 0 saturated heterocycles. The average Bonchev–Trinajstić information content (AvgIpc) is 1.60. The van der Waals surface area contributed by atoms with E-state index in [1.807, 2.05) is 11.4 Å². The van der Waals surface area contributed by atoms with E-state index in [9.17, 15) is 0 Å².